The summed E-state index contributed by atoms with van der Waals surface area (Å²) in [5.41, 5.74) is 1.62. The molecule has 2 saturated carbocycles. The molecule has 5 rings (SSSR count). The molecule has 2 aromatic rings. The number of ether oxygens (including phenoxy) is 1. The zero-order valence-corrected chi connectivity index (χ0v) is 17.1. The van der Waals surface area contributed by atoms with Gasteiger partial charge in [-0.3, -0.25) is 0 Å². The number of esters is 1. The van der Waals surface area contributed by atoms with Gasteiger partial charge in [-0.15, -0.1) is 0 Å². The maximum Gasteiger partial charge on any atom is 0.339 e. The summed E-state index contributed by atoms with van der Waals surface area (Å²) < 4.78 is 6.16. The molecule has 152 valence electrons. The molecule has 3 aliphatic carbocycles. The highest BCUT2D eigenvalue weighted by atomic mass is 16.6. The second-order valence-corrected chi connectivity index (χ2v) is 9.19. The van der Waals surface area contributed by atoms with E-state index in [0.29, 0.717) is 11.5 Å². The van der Waals surface area contributed by atoms with E-state index in [1.807, 2.05) is 24.3 Å². The molecule has 0 amide bonds. The molecule has 29 heavy (non-hydrogen) atoms. The largest absolute Gasteiger partial charge is 0.455 e. The van der Waals surface area contributed by atoms with Gasteiger partial charge in [-0.1, -0.05) is 55.8 Å². The highest BCUT2D eigenvalue weighted by molar-refractivity contribution is 6.05. The predicted octanol–water partition coefficient (Wildman–Crippen LogP) is 5.76. The average molecular weight is 391 g/mol. The Morgan fingerprint density at radius 1 is 1.07 bits per heavy atom. The molecule has 3 heteroatoms. The summed E-state index contributed by atoms with van der Waals surface area (Å²) in [5, 5.41) is 12.6. The normalized spacial score (nSPS) is 30.0. The van der Waals surface area contributed by atoms with Crippen LogP contribution in [0.5, 0.6) is 0 Å². The molecule has 0 radical (unpaired) electrons. The Labute approximate surface area is 172 Å². The third-order valence-electron chi connectivity index (χ3n) is 7.70. The number of aliphatic hydroxyl groups is 1. The third kappa shape index (κ3) is 3.11. The first-order chi connectivity index (χ1) is 14.1. The molecular formula is C26H30O3. The molecule has 0 saturated heterocycles. The van der Waals surface area contributed by atoms with Crippen LogP contribution < -0.4 is 0 Å². The molecule has 0 spiro atoms. The molecule has 4 atom stereocenters. The van der Waals surface area contributed by atoms with Gasteiger partial charge in [0.25, 0.3) is 0 Å². The lowest BCUT2D eigenvalue weighted by atomic mass is 9.82. The van der Waals surface area contributed by atoms with Gasteiger partial charge in [-0.25, -0.2) is 4.79 Å². The van der Waals surface area contributed by atoms with E-state index in [-0.39, 0.29) is 29.5 Å². The quantitative estimate of drug-likeness (QED) is 0.533. The first kappa shape index (κ1) is 18.9. The summed E-state index contributed by atoms with van der Waals surface area (Å²) >= 11 is 0. The van der Waals surface area contributed by atoms with Crippen LogP contribution in [0.15, 0.2) is 48.6 Å². The Morgan fingerprint density at radius 2 is 1.83 bits per heavy atom. The summed E-state index contributed by atoms with van der Waals surface area (Å²) in [5.74, 6) is 0.579. The summed E-state index contributed by atoms with van der Waals surface area (Å²) in [6, 6.07) is 12.2. The molecule has 2 aromatic carbocycles. The smallest absolute Gasteiger partial charge is 0.339 e. The molecule has 3 aliphatic rings. The maximum atomic E-state index is 13.2. The summed E-state index contributed by atoms with van der Waals surface area (Å²) in [4.78, 5) is 13.2. The van der Waals surface area contributed by atoms with Crippen LogP contribution in [0.3, 0.4) is 0 Å². The van der Waals surface area contributed by atoms with Gasteiger partial charge in [0.05, 0.1) is 11.7 Å². The fourth-order valence-electron chi connectivity index (χ4n) is 5.97. The van der Waals surface area contributed by atoms with Gasteiger partial charge in [0.2, 0.25) is 0 Å². The number of hydrogen-bond acceptors (Lipinski definition) is 3. The van der Waals surface area contributed by atoms with Crippen LogP contribution >= 0.6 is 0 Å². The number of aliphatic hydroxyl groups excluding tert-OH is 1. The molecule has 0 heterocycles. The van der Waals surface area contributed by atoms with Gasteiger partial charge < -0.3 is 9.84 Å². The highest BCUT2D eigenvalue weighted by Crippen LogP contribution is 2.50. The van der Waals surface area contributed by atoms with Crippen molar-refractivity contribution >= 4 is 16.7 Å². The number of fused-ring (bicyclic) bond motifs is 3. The maximum absolute atomic E-state index is 13.2. The monoisotopic (exact) mass is 390 g/mol. The lowest BCUT2D eigenvalue weighted by Crippen LogP contribution is -2.36. The Kier molecular flexibility index (Phi) is 4.74. The Balaban J connectivity index is 1.50. The number of carbonyl (C=O) groups excluding carboxylic acids is 1. The second kappa shape index (κ2) is 7.28. The molecule has 2 fully saturated rings. The van der Waals surface area contributed by atoms with Crippen molar-refractivity contribution in [1.82, 2.24) is 0 Å². The topological polar surface area (TPSA) is 46.5 Å². The lowest BCUT2D eigenvalue weighted by molar-refractivity contribution is -0.0395. The van der Waals surface area contributed by atoms with E-state index in [2.05, 4.69) is 31.2 Å². The van der Waals surface area contributed by atoms with E-state index < -0.39 is 0 Å². The fraction of sp³-hybridized carbons (Fsp3) is 0.500. The summed E-state index contributed by atoms with van der Waals surface area (Å²) in [7, 11) is 0. The van der Waals surface area contributed by atoms with E-state index in [4.69, 9.17) is 4.74 Å². The molecule has 2 bridgehead atoms. The molecular weight excluding hydrogens is 360 g/mol. The predicted molar refractivity (Wildman–Crippen MR) is 115 cm³/mol. The van der Waals surface area contributed by atoms with E-state index in [1.54, 1.807) is 0 Å². The van der Waals surface area contributed by atoms with Crippen molar-refractivity contribution in [3.05, 3.63) is 59.7 Å². The Morgan fingerprint density at radius 3 is 2.52 bits per heavy atom. The van der Waals surface area contributed by atoms with E-state index in [9.17, 15) is 9.90 Å². The highest BCUT2D eigenvalue weighted by Gasteiger charge is 2.44. The van der Waals surface area contributed by atoms with Gasteiger partial charge in [-0.2, -0.15) is 0 Å². The van der Waals surface area contributed by atoms with Crippen LogP contribution in [-0.4, -0.2) is 22.8 Å². The van der Waals surface area contributed by atoms with Crippen LogP contribution in [0.1, 0.15) is 73.7 Å². The van der Waals surface area contributed by atoms with Gasteiger partial charge >= 0.3 is 5.97 Å². The van der Waals surface area contributed by atoms with Gasteiger partial charge in [0.15, 0.2) is 0 Å². The van der Waals surface area contributed by atoms with Gasteiger partial charge in [0, 0.05) is 11.8 Å². The number of benzene rings is 2. The molecule has 1 N–H and O–H groups in total. The number of rotatable bonds is 4. The minimum atomic E-state index is -0.297. The average Bonchev–Trinajstić information content (AvgIpc) is 3.27. The molecule has 4 unspecified atom stereocenters. The minimum Gasteiger partial charge on any atom is -0.455 e. The Bertz CT molecular complexity index is 954. The minimum absolute atomic E-state index is 0.187. The lowest BCUT2D eigenvalue weighted by Gasteiger charge is -2.36. The second-order valence-electron chi connectivity index (χ2n) is 9.19. The number of carbonyl (C=O) groups is 1. The van der Waals surface area contributed by atoms with E-state index in [1.165, 1.54) is 12.0 Å². The standard InChI is InChI=1S/C26H30O3/c1-2-26(14-4-3-5-15-26)29-25(28)22-11-7-8-18-19(22)9-6-10-20(18)23-16-17-12-13-21(23)24(17)27/h6-13,17,21,23-24,27H,2-5,14-16H2,1H3. The van der Waals surface area contributed by atoms with Crippen molar-refractivity contribution in [1.29, 1.82) is 0 Å². The summed E-state index contributed by atoms with van der Waals surface area (Å²) in [6.07, 6.45) is 11.4. The molecule has 0 aliphatic heterocycles. The molecule has 3 nitrogen and oxygen atoms in total. The Hall–Kier alpha value is -2.13. The SMILES string of the molecule is CCC1(OC(=O)c2cccc3c(C4CC5C=CC4C5O)cccc23)CCCCC1. The zero-order valence-electron chi connectivity index (χ0n) is 17.1. The van der Waals surface area contributed by atoms with Crippen molar-refractivity contribution in [3.8, 4) is 0 Å². The number of hydrogen-bond donors (Lipinski definition) is 1. The van der Waals surface area contributed by atoms with Gasteiger partial charge in [0.1, 0.15) is 5.60 Å². The van der Waals surface area contributed by atoms with Crippen LogP contribution in [0.2, 0.25) is 0 Å². The fourth-order valence-corrected chi connectivity index (χ4v) is 5.97. The van der Waals surface area contributed by atoms with Crippen molar-refractivity contribution in [2.45, 2.75) is 69.5 Å². The van der Waals surface area contributed by atoms with Crippen molar-refractivity contribution in [3.63, 3.8) is 0 Å². The van der Waals surface area contributed by atoms with Crippen molar-refractivity contribution in [2.75, 3.05) is 0 Å². The third-order valence-corrected chi connectivity index (χ3v) is 7.70. The van der Waals surface area contributed by atoms with Crippen molar-refractivity contribution < 1.29 is 14.6 Å². The van der Waals surface area contributed by atoms with Crippen molar-refractivity contribution in [2.24, 2.45) is 11.8 Å². The first-order valence-electron chi connectivity index (χ1n) is 11.2. The van der Waals surface area contributed by atoms with Crippen LogP contribution in [0.25, 0.3) is 10.8 Å². The molecule has 0 aromatic heterocycles. The van der Waals surface area contributed by atoms with Crippen LogP contribution in [-0.2, 0) is 4.74 Å². The summed E-state index contributed by atoms with van der Waals surface area (Å²) in [6.45, 7) is 2.13. The van der Waals surface area contributed by atoms with Crippen LogP contribution in [0.4, 0.5) is 0 Å². The van der Waals surface area contributed by atoms with E-state index in [0.717, 1.165) is 49.3 Å². The van der Waals surface area contributed by atoms with Crippen LogP contribution in [0, 0.1) is 11.8 Å². The van der Waals surface area contributed by atoms with E-state index >= 15 is 0 Å². The zero-order chi connectivity index (χ0) is 20.0. The first-order valence-corrected chi connectivity index (χ1v) is 11.2. The van der Waals surface area contributed by atoms with Gasteiger partial charge in [-0.05, 0) is 66.8 Å².